The van der Waals surface area contributed by atoms with Crippen LogP contribution in [0.5, 0.6) is 0 Å². The predicted octanol–water partition coefficient (Wildman–Crippen LogP) is 3.72. The Morgan fingerprint density at radius 1 is 1.14 bits per heavy atom. The summed E-state index contributed by atoms with van der Waals surface area (Å²) in [6.07, 6.45) is 1.02. The molecule has 0 spiro atoms. The standard InChI is InChI=1S/C14H16Br2F2O2S/c15-8-14(9-16,11-1-2-21(19,20)7-11)6-10-3-12(17)5-13(18)4-10/h3-5,11H,1-2,6-9H2. The average molecular weight is 446 g/mol. The molecule has 7 heteroatoms. The fourth-order valence-electron chi connectivity index (χ4n) is 2.89. The molecule has 0 aliphatic carbocycles. The van der Waals surface area contributed by atoms with Gasteiger partial charge in [0.1, 0.15) is 11.6 Å². The molecule has 21 heavy (non-hydrogen) atoms. The van der Waals surface area contributed by atoms with Crippen LogP contribution < -0.4 is 0 Å². The van der Waals surface area contributed by atoms with Crippen LogP contribution in [0.3, 0.4) is 0 Å². The number of rotatable bonds is 5. The predicted molar refractivity (Wildman–Crippen MR) is 86.8 cm³/mol. The number of halogens is 4. The molecule has 0 N–H and O–H groups in total. The van der Waals surface area contributed by atoms with Crippen LogP contribution in [0.1, 0.15) is 12.0 Å². The van der Waals surface area contributed by atoms with Crippen molar-refractivity contribution >= 4 is 41.7 Å². The molecule has 2 nitrogen and oxygen atoms in total. The second kappa shape index (κ2) is 6.62. The van der Waals surface area contributed by atoms with E-state index in [1.807, 2.05) is 0 Å². The third-order valence-corrected chi connectivity index (χ3v) is 8.11. The molecule has 0 saturated carbocycles. The lowest BCUT2D eigenvalue weighted by atomic mass is 9.74. The largest absolute Gasteiger partial charge is 0.229 e. The van der Waals surface area contributed by atoms with Crippen LogP contribution in [0.15, 0.2) is 18.2 Å². The Morgan fingerprint density at radius 2 is 1.71 bits per heavy atom. The zero-order valence-electron chi connectivity index (χ0n) is 11.3. The molecule has 0 bridgehead atoms. The van der Waals surface area contributed by atoms with Crippen LogP contribution in [0.4, 0.5) is 8.78 Å². The fraction of sp³-hybridized carbons (Fsp3) is 0.571. The maximum Gasteiger partial charge on any atom is 0.150 e. The van der Waals surface area contributed by atoms with Crippen LogP contribution in [0.2, 0.25) is 0 Å². The summed E-state index contributed by atoms with van der Waals surface area (Å²) in [5.41, 5.74) is 0.180. The third-order valence-electron chi connectivity index (χ3n) is 4.11. The first kappa shape index (κ1) is 17.3. The number of benzene rings is 1. The summed E-state index contributed by atoms with van der Waals surface area (Å²) < 4.78 is 50.2. The van der Waals surface area contributed by atoms with E-state index in [2.05, 4.69) is 31.9 Å². The summed E-state index contributed by atoms with van der Waals surface area (Å²) in [6.45, 7) is 0. The quantitative estimate of drug-likeness (QED) is 0.647. The number of hydrogen-bond acceptors (Lipinski definition) is 2. The summed E-state index contributed by atoms with van der Waals surface area (Å²) in [4.78, 5) is 0. The first-order chi connectivity index (χ1) is 9.80. The van der Waals surface area contributed by atoms with Gasteiger partial charge >= 0.3 is 0 Å². The highest BCUT2D eigenvalue weighted by Gasteiger charge is 2.43. The van der Waals surface area contributed by atoms with Gasteiger partial charge in [0.2, 0.25) is 0 Å². The van der Waals surface area contributed by atoms with Crippen molar-refractivity contribution in [3.05, 3.63) is 35.4 Å². The molecule has 1 aliphatic heterocycles. The Morgan fingerprint density at radius 3 is 2.14 bits per heavy atom. The van der Waals surface area contributed by atoms with E-state index in [9.17, 15) is 17.2 Å². The summed E-state index contributed by atoms with van der Waals surface area (Å²) in [6, 6.07) is 3.46. The van der Waals surface area contributed by atoms with Crippen molar-refractivity contribution in [2.24, 2.45) is 11.3 Å². The molecule has 0 aromatic heterocycles. The highest BCUT2D eigenvalue weighted by molar-refractivity contribution is 9.09. The van der Waals surface area contributed by atoms with E-state index in [1.165, 1.54) is 12.1 Å². The van der Waals surface area contributed by atoms with Gasteiger partial charge in [-0.1, -0.05) is 31.9 Å². The Kier molecular flexibility index (Phi) is 5.47. The van der Waals surface area contributed by atoms with E-state index in [0.29, 0.717) is 29.1 Å². The van der Waals surface area contributed by atoms with Crippen LogP contribution in [0.25, 0.3) is 0 Å². The lowest BCUT2D eigenvalue weighted by Crippen LogP contribution is -2.37. The maximum absolute atomic E-state index is 13.4. The van der Waals surface area contributed by atoms with E-state index < -0.39 is 21.5 Å². The van der Waals surface area contributed by atoms with Gasteiger partial charge in [-0.25, -0.2) is 17.2 Å². The molecule has 0 radical (unpaired) electrons. The van der Waals surface area contributed by atoms with E-state index in [-0.39, 0.29) is 22.8 Å². The van der Waals surface area contributed by atoms with Crippen molar-refractivity contribution < 1.29 is 17.2 Å². The van der Waals surface area contributed by atoms with Gasteiger partial charge < -0.3 is 0 Å². The van der Waals surface area contributed by atoms with Gasteiger partial charge in [-0.2, -0.15) is 0 Å². The highest BCUT2D eigenvalue weighted by atomic mass is 79.9. The zero-order valence-corrected chi connectivity index (χ0v) is 15.3. The minimum Gasteiger partial charge on any atom is -0.229 e. The van der Waals surface area contributed by atoms with Crippen LogP contribution in [-0.4, -0.2) is 30.6 Å². The molecule has 2 rings (SSSR count). The Bertz CT molecular complexity index is 595. The molecule has 1 unspecified atom stereocenters. The van der Waals surface area contributed by atoms with Crippen molar-refractivity contribution in [2.45, 2.75) is 12.8 Å². The van der Waals surface area contributed by atoms with E-state index in [1.54, 1.807) is 0 Å². The van der Waals surface area contributed by atoms with Gasteiger partial charge in [0, 0.05) is 16.7 Å². The second-order valence-electron chi connectivity index (χ2n) is 5.68. The van der Waals surface area contributed by atoms with Gasteiger partial charge in [0.25, 0.3) is 0 Å². The molecule has 0 amide bonds. The molecule has 1 aromatic carbocycles. The van der Waals surface area contributed by atoms with E-state index in [0.717, 1.165) is 6.07 Å². The van der Waals surface area contributed by atoms with E-state index >= 15 is 0 Å². The Balaban J connectivity index is 2.30. The Hall–Kier alpha value is -0.0100. The number of alkyl halides is 2. The smallest absolute Gasteiger partial charge is 0.150 e. The highest BCUT2D eigenvalue weighted by Crippen LogP contribution is 2.42. The van der Waals surface area contributed by atoms with Crippen molar-refractivity contribution in [1.29, 1.82) is 0 Å². The summed E-state index contributed by atoms with van der Waals surface area (Å²) in [5.74, 6) is -0.907. The molecule has 1 aromatic rings. The normalized spacial score (nSPS) is 21.6. The molecule has 1 fully saturated rings. The SMILES string of the molecule is O=S1(=O)CCC(C(CBr)(CBr)Cc2cc(F)cc(F)c2)C1. The van der Waals surface area contributed by atoms with Gasteiger partial charge in [-0.3, -0.25) is 0 Å². The molecule has 1 atom stereocenters. The molecule has 1 heterocycles. The minimum atomic E-state index is -3.00. The van der Waals surface area contributed by atoms with Crippen molar-refractivity contribution in [1.82, 2.24) is 0 Å². The van der Waals surface area contributed by atoms with Crippen LogP contribution in [-0.2, 0) is 16.3 Å². The molecule has 118 valence electrons. The Labute approximate surface area is 140 Å². The summed E-state index contributed by atoms with van der Waals surface area (Å²) in [5, 5.41) is 1.15. The van der Waals surface area contributed by atoms with Crippen LogP contribution >= 0.6 is 31.9 Å². The van der Waals surface area contributed by atoms with Crippen molar-refractivity contribution in [3.8, 4) is 0 Å². The number of hydrogen-bond donors (Lipinski definition) is 0. The average Bonchev–Trinajstić information content (AvgIpc) is 2.76. The van der Waals surface area contributed by atoms with Gasteiger partial charge in [-0.05, 0) is 41.9 Å². The van der Waals surface area contributed by atoms with Gasteiger partial charge in [0.05, 0.1) is 11.5 Å². The first-order valence-corrected chi connectivity index (χ1v) is 10.6. The topological polar surface area (TPSA) is 34.1 Å². The molecule has 1 aliphatic rings. The minimum absolute atomic E-state index is 0.0208. The second-order valence-corrected chi connectivity index (χ2v) is 9.03. The van der Waals surface area contributed by atoms with Crippen molar-refractivity contribution in [2.75, 3.05) is 22.2 Å². The zero-order chi connectivity index (χ0) is 15.7. The van der Waals surface area contributed by atoms with Crippen molar-refractivity contribution in [3.63, 3.8) is 0 Å². The lowest BCUT2D eigenvalue weighted by Gasteiger charge is -2.36. The summed E-state index contributed by atoms with van der Waals surface area (Å²) in [7, 11) is -3.00. The third kappa shape index (κ3) is 4.05. The lowest BCUT2D eigenvalue weighted by molar-refractivity contribution is 0.252. The van der Waals surface area contributed by atoms with Gasteiger partial charge in [0.15, 0.2) is 9.84 Å². The molecule has 1 saturated heterocycles. The molecular formula is C14H16Br2F2O2S. The van der Waals surface area contributed by atoms with Crippen LogP contribution in [0, 0.1) is 23.0 Å². The molecular weight excluding hydrogens is 430 g/mol. The summed E-state index contributed by atoms with van der Waals surface area (Å²) >= 11 is 6.93. The maximum atomic E-state index is 13.4. The van der Waals surface area contributed by atoms with Gasteiger partial charge in [-0.15, -0.1) is 0 Å². The fourth-order valence-corrected chi connectivity index (χ4v) is 7.07. The monoisotopic (exact) mass is 444 g/mol. The first-order valence-electron chi connectivity index (χ1n) is 6.57. The number of sulfone groups is 1. The van der Waals surface area contributed by atoms with E-state index in [4.69, 9.17) is 0 Å².